The average molecular weight is 212 g/mol. The molecule has 0 aromatic heterocycles. The van der Waals surface area contributed by atoms with Gasteiger partial charge in [-0.2, -0.15) is 0 Å². The second kappa shape index (κ2) is 7.21. The smallest absolute Gasteiger partial charge is 0.313 e. The van der Waals surface area contributed by atoms with Gasteiger partial charge in [-0.1, -0.05) is 18.6 Å². The highest BCUT2D eigenvalue weighted by molar-refractivity contribution is 5.84. The van der Waals surface area contributed by atoms with Gasteiger partial charge in [0.2, 0.25) is 0 Å². The van der Waals surface area contributed by atoms with E-state index in [4.69, 9.17) is 0 Å². The van der Waals surface area contributed by atoms with Crippen molar-refractivity contribution in [1.29, 1.82) is 0 Å². The summed E-state index contributed by atoms with van der Waals surface area (Å²) >= 11 is 0. The number of carbonyl (C=O) groups is 2. The monoisotopic (exact) mass is 212 g/mol. The zero-order valence-electron chi connectivity index (χ0n) is 10.0. The highest BCUT2D eigenvalue weighted by atomic mass is 16.6. The summed E-state index contributed by atoms with van der Waals surface area (Å²) in [6.07, 6.45) is 4.37. The molecular weight excluding hydrogens is 192 g/mol. The molecule has 0 aromatic rings. The van der Waals surface area contributed by atoms with E-state index in [2.05, 4.69) is 24.7 Å². The van der Waals surface area contributed by atoms with Gasteiger partial charge in [0.05, 0.1) is 0 Å². The molecule has 1 unspecified atom stereocenters. The van der Waals surface area contributed by atoms with Crippen LogP contribution < -0.4 is 0 Å². The van der Waals surface area contributed by atoms with Crippen molar-refractivity contribution in [1.82, 2.24) is 0 Å². The predicted molar refractivity (Wildman–Crippen MR) is 59.2 cm³/mol. The summed E-state index contributed by atoms with van der Waals surface area (Å²) in [6, 6.07) is 0. The van der Waals surface area contributed by atoms with E-state index in [-0.39, 0.29) is 5.92 Å². The topological polar surface area (TPSA) is 43.4 Å². The molecule has 0 saturated heterocycles. The summed E-state index contributed by atoms with van der Waals surface area (Å²) in [5, 5.41) is 0. The van der Waals surface area contributed by atoms with Gasteiger partial charge in [-0.05, 0) is 32.6 Å². The van der Waals surface area contributed by atoms with Crippen molar-refractivity contribution in [3.05, 3.63) is 11.6 Å². The van der Waals surface area contributed by atoms with E-state index in [9.17, 15) is 9.59 Å². The third-order valence-electron chi connectivity index (χ3n) is 1.98. The first-order valence-corrected chi connectivity index (χ1v) is 5.26. The fourth-order valence-corrected chi connectivity index (χ4v) is 1.25. The maximum absolute atomic E-state index is 11.1. The second-order valence-electron chi connectivity index (χ2n) is 4.13. The SMILES string of the molecule is CC(=O)OC(=O)CC(C)CCC=C(C)C. The Labute approximate surface area is 91.5 Å². The maximum atomic E-state index is 11.1. The molecule has 1 atom stereocenters. The number of carbonyl (C=O) groups excluding carboxylic acids is 2. The van der Waals surface area contributed by atoms with Crippen LogP contribution in [0.1, 0.15) is 47.0 Å². The van der Waals surface area contributed by atoms with Crippen LogP contribution in [0.25, 0.3) is 0 Å². The third kappa shape index (κ3) is 9.19. The molecule has 0 radical (unpaired) electrons. The second-order valence-corrected chi connectivity index (χ2v) is 4.13. The van der Waals surface area contributed by atoms with E-state index in [0.29, 0.717) is 6.42 Å². The van der Waals surface area contributed by atoms with Gasteiger partial charge in [-0.3, -0.25) is 9.59 Å². The highest BCUT2D eigenvalue weighted by Crippen LogP contribution is 2.12. The van der Waals surface area contributed by atoms with Crippen LogP contribution in [-0.4, -0.2) is 11.9 Å². The quantitative estimate of drug-likeness (QED) is 0.400. The number of hydrogen-bond donors (Lipinski definition) is 0. The molecule has 0 aliphatic carbocycles. The molecule has 0 spiro atoms. The molecule has 0 amide bonds. The van der Waals surface area contributed by atoms with Gasteiger partial charge in [0.15, 0.2) is 0 Å². The van der Waals surface area contributed by atoms with Gasteiger partial charge in [-0.25, -0.2) is 0 Å². The number of rotatable bonds is 5. The van der Waals surface area contributed by atoms with Crippen LogP contribution in [0.2, 0.25) is 0 Å². The van der Waals surface area contributed by atoms with E-state index >= 15 is 0 Å². The molecule has 3 nitrogen and oxygen atoms in total. The summed E-state index contributed by atoms with van der Waals surface area (Å²) in [5.74, 6) is -0.698. The number of allylic oxidation sites excluding steroid dienone is 2. The van der Waals surface area contributed by atoms with Crippen LogP contribution in [0.15, 0.2) is 11.6 Å². The minimum atomic E-state index is -0.531. The van der Waals surface area contributed by atoms with Crippen molar-refractivity contribution in [2.45, 2.75) is 47.0 Å². The standard InChI is InChI=1S/C12H20O3/c1-9(2)6-5-7-10(3)8-12(14)15-11(4)13/h6,10H,5,7-8H2,1-4H3. The molecule has 0 N–H and O–H groups in total. The molecule has 0 fully saturated rings. The lowest BCUT2D eigenvalue weighted by molar-refractivity contribution is -0.158. The molecule has 0 aliphatic heterocycles. The molecule has 0 aliphatic rings. The summed E-state index contributed by atoms with van der Waals surface area (Å²) in [7, 11) is 0. The van der Waals surface area contributed by atoms with Crippen molar-refractivity contribution < 1.29 is 14.3 Å². The van der Waals surface area contributed by atoms with Gasteiger partial charge in [0.1, 0.15) is 0 Å². The molecule has 0 rings (SSSR count). The van der Waals surface area contributed by atoms with E-state index in [1.165, 1.54) is 12.5 Å². The first-order valence-electron chi connectivity index (χ1n) is 5.26. The lowest BCUT2D eigenvalue weighted by atomic mass is 10.0. The Kier molecular flexibility index (Phi) is 6.67. The molecule has 86 valence electrons. The number of esters is 2. The minimum Gasteiger partial charge on any atom is -0.393 e. The molecular formula is C12H20O3. The number of ether oxygens (including phenoxy) is 1. The van der Waals surface area contributed by atoms with Crippen molar-refractivity contribution in [2.75, 3.05) is 0 Å². The zero-order chi connectivity index (χ0) is 11.8. The lowest BCUT2D eigenvalue weighted by Crippen LogP contribution is -2.12. The van der Waals surface area contributed by atoms with Crippen molar-refractivity contribution in [3.63, 3.8) is 0 Å². The van der Waals surface area contributed by atoms with Crippen LogP contribution in [-0.2, 0) is 14.3 Å². The van der Waals surface area contributed by atoms with Crippen LogP contribution in [0, 0.1) is 5.92 Å². The van der Waals surface area contributed by atoms with Crippen molar-refractivity contribution >= 4 is 11.9 Å². The minimum absolute atomic E-state index is 0.257. The number of hydrogen-bond acceptors (Lipinski definition) is 3. The Hall–Kier alpha value is -1.12. The van der Waals surface area contributed by atoms with Crippen LogP contribution in [0.4, 0.5) is 0 Å². The average Bonchev–Trinajstić information content (AvgIpc) is 2.00. The summed E-state index contributed by atoms with van der Waals surface area (Å²) < 4.78 is 4.46. The first-order chi connectivity index (χ1) is 6.91. The van der Waals surface area contributed by atoms with Gasteiger partial charge in [0, 0.05) is 13.3 Å². The summed E-state index contributed by atoms with van der Waals surface area (Å²) in [5.41, 5.74) is 1.29. The van der Waals surface area contributed by atoms with Crippen molar-refractivity contribution in [3.8, 4) is 0 Å². The van der Waals surface area contributed by atoms with E-state index < -0.39 is 11.9 Å². The molecule has 0 saturated carbocycles. The third-order valence-corrected chi connectivity index (χ3v) is 1.98. The molecule has 0 bridgehead atoms. The van der Waals surface area contributed by atoms with Crippen molar-refractivity contribution in [2.24, 2.45) is 5.92 Å². The van der Waals surface area contributed by atoms with E-state index in [1.807, 2.05) is 6.92 Å². The Bertz CT molecular complexity index is 250. The summed E-state index contributed by atoms with van der Waals surface area (Å²) in [6.45, 7) is 7.33. The normalized spacial score (nSPS) is 11.7. The molecule has 15 heavy (non-hydrogen) atoms. The maximum Gasteiger partial charge on any atom is 0.313 e. The van der Waals surface area contributed by atoms with E-state index in [1.54, 1.807) is 0 Å². The zero-order valence-corrected chi connectivity index (χ0v) is 10.0. The van der Waals surface area contributed by atoms with Gasteiger partial charge in [0.25, 0.3) is 0 Å². The van der Waals surface area contributed by atoms with Gasteiger partial charge in [-0.15, -0.1) is 0 Å². The molecule has 0 aromatic carbocycles. The highest BCUT2D eigenvalue weighted by Gasteiger charge is 2.11. The van der Waals surface area contributed by atoms with Crippen LogP contribution >= 0.6 is 0 Å². The molecule has 0 heterocycles. The Balaban J connectivity index is 3.73. The predicted octanol–water partition coefficient (Wildman–Crippen LogP) is 2.85. The van der Waals surface area contributed by atoms with Gasteiger partial charge >= 0.3 is 11.9 Å². The molecule has 3 heteroatoms. The van der Waals surface area contributed by atoms with Gasteiger partial charge < -0.3 is 4.74 Å². The lowest BCUT2D eigenvalue weighted by Gasteiger charge is -2.08. The fourth-order valence-electron chi connectivity index (χ4n) is 1.25. The first kappa shape index (κ1) is 13.9. The summed E-state index contributed by atoms with van der Waals surface area (Å²) in [4.78, 5) is 21.6. The van der Waals surface area contributed by atoms with Crippen LogP contribution in [0.5, 0.6) is 0 Å². The van der Waals surface area contributed by atoms with E-state index in [0.717, 1.165) is 12.8 Å². The fraction of sp³-hybridized carbons (Fsp3) is 0.667. The Morgan fingerprint density at radius 1 is 1.27 bits per heavy atom. The largest absolute Gasteiger partial charge is 0.393 e. The Morgan fingerprint density at radius 3 is 2.33 bits per heavy atom. The Morgan fingerprint density at radius 2 is 1.87 bits per heavy atom. The van der Waals surface area contributed by atoms with Crippen LogP contribution in [0.3, 0.4) is 0 Å².